The van der Waals surface area contributed by atoms with Gasteiger partial charge in [-0.25, -0.2) is 0 Å². The highest BCUT2D eigenvalue weighted by atomic mass is 15.1. The second-order valence-electron chi connectivity index (χ2n) is 12.9. The molecule has 0 atom stereocenters. The van der Waals surface area contributed by atoms with Gasteiger partial charge in [-0.3, -0.25) is 0 Å². The molecule has 0 aliphatic rings. The Bertz CT molecular complexity index is 2840. The Hall–Kier alpha value is -6.44. The highest BCUT2D eigenvalue weighted by Gasteiger charge is 2.17. The monoisotopic (exact) mass is 621 g/mol. The van der Waals surface area contributed by atoms with E-state index in [4.69, 9.17) is 0 Å². The lowest BCUT2D eigenvalue weighted by molar-refractivity contribution is 1.30. The molecule has 0 N–H and O–H groups in total. The molecule has 0 aromatic heterocycles. The Labute approximate surface area is 284 Å². The first-order valence-electron chi connectivity index (χ1n) is 16.9. The summed E-state index contributed by atoms with van der Waals surface area (Å²) in [5, 5.41) is 15.2. The molecule has 0 saturated heterocycles. The standard InChI is InChI=1S/C48H31N/c1-3-13-39-32(10-1)12-9-19-40(39)34-22-25-36(26-23-34)49(37-27-24-35-21-20-33-11-2-4-14-41(33)47(35)30-37)38-28-29-46-44-17-6-5-15-42(44)43-16-7-8-18-45(43)48(46)31-38/h1-31H. The molecular formula is C48H31N. The predicted octanol–water partition coefficient (Wildman–Crippen LogP) is 13.7. The molecule has 0 radical (unpaired) electrons. The van der Waals surface area contributed by atoms with Crippen LogP contribution in [-0.4, -0.2) is 0 Å². The fraction of sp³-hybridized carbons (Fsp3) is 0. The van der Waals surface area contributed by atoms with Crippen LogP contribution in [0.15, 0.2) is 188 Å². The summed E-state index contributed by atoms with van der Waals surface area (Å²) in [4.78, 5) is 2.41. The van der Waals surface area contributed by atoms with E-state index < -0.39 is 0 Å². The Morgan fingerprint density at radius 1 is 0.245 bits per heavy atom. The topological polar surface area (TPSA) is 3.24 Å². The van der Waals surface area contributed by atoms with Gasteiger partial charge in [0.05, 0.1) is 0 Å². The summed E-state index contributed by atoms with van der Waals surface area (Å²) >= 11 is 0. The fourth-order valence-corrected chi connectivity index (χ4v) is 7.88. The van der Waals surface area contributed by atoms with E-state index in [0.717, 1.165) is 17.1 Å². The van der Waals surface area contributed by atoms with E-state index in [1.807, 2.05) is 0 Å². The van der Waals surface area contributed by atoms with Crippen molar-refractivity contribution in [3.63, 3.8) is 0 Å². The third kappa shape index (κ3) is 4.47. The molecule has 10 aromatic rings. The Morgan fingerprint density at radius 3 is 1.35 bits per heavy atom. The molecule has 228 valence electrons. The normalized spacial score (nSPS) is 11.7. The van der Waals surface area contributed by atoms with Gasteiger partial charge in [-0.15, -0.1) is 0 Å². The number of nitrogens with zero attached hydrogens (tertiary/aromatic N) is 1. The van der Waals surface area contributed by atoms with Crippen molar-refractivity contribution in [3.8, 4) is 11.1 Å². The fourth-order valence-electron chi connectivity index (χ4n) is 7.88. The van der Waals surface area contributed by atoms with Crippen molar-refractivity contribution in [1.29, 1.82) is 0 Å². The van der Waals surface area contributed by atoms with Crippen molar-refractivity contribution in [1.82, 2.24) is 0 Å². The zero-order valence-electron chi connectivity index (χ0n) is 26.8. The number of anilines is 3. The molecule has 1 nitrogen and oxygen atoms in total. The smallest absolute Gasteiger partial charge is 0.0468 e. The summed E-state index contributed by atoms with van der Waals surface area (Å²) in [7, 11) is 0. The maximum atomic E-state index is 2.41. The lowest BCUT2D eigenvalue weighted by Crippen LogP contribution is -2.10. The lowest BCUT2D eigenvalue weighted by atomic mass is 9.94. The van der Waals surface area contributed by atoms with Crippen molar-refractivity contribution in [2.75, 3.05) is 4.90 Å². The molecular weight excluding hydrogens is 591 g/mol. The lowest BCUT2D eigenvalue weighted by Gasteiger charge is -2.27. The van der Waals surface area contributed by atoms with E-state index in [1.54, 1.807) is 0 Å². The molecule has 0 saturated carbocycles. The SMILES string of the molecule is c1ccc2c(-c3ccc(N(c4ccc5ccc6ccccc6c5c4)c4ccc5c6ccccc6c6ccccc6c5c4)cc3)cccc2c1. The van der Waals surface area contributed by atoms with Crippen molar-refractivity contribution >= 4 is 81.7 Å². The van der Waals surface area contributed by atoms with Crippen LogP contribution in [0, 0.1) is 0 Å². The minimum atomic E-state index is 1.12. The van der Waals surface area contributed by atoms with Gasteiger partial charge in [0.15, 0.2) is 0 Å². The van der Waals surface area contributed by atoms with Gasteiger partial charge in [0.2, 0.25) is 0 Å². The number of hydrogen-bond acceptors (Lipinski definition) is 1. The molecule has 0 aliphatic carbocycles. The summed E-state index contributed by atoms with van der Waals surface area (Å²) in [6, 6.07) is 68.9. The Balaban J connectivity index is 1.21. The zero-order valence-corrected chi connectivity index (χ0v) is 26.8. The van der Waals surface area contributed by atoms with E-state index in [0.29, 0.717) is 0 Å². The van der Waals surface area contributed by atoms with Gasteiger partial charge < -0.3 is 4.90 Å². The van der Waals surface area contributed by atoms with Crippen LogP contribution in [0.3, 0.4) is 0 Å². The van der Waals surface area contributed by atoms with E-state index >= 15 is 0 Å². The molecule has 0 amide bonds. The molecule has 0 bridgehead atoms. The highest BCUT2D eigenvalue weighted by molar-refractivity contribution is 6.26. The summed E-state index contributed by atoms with van der Waals surface area (Å²) in [6.45, 7) is 0. The van der Waals surface area contributed by atoms with Crippen LogP contribution in [0.4, 0.5) is 17.1 Å². The van der Waals surface area contributed by atoms with Crippen LogP contribution >= 0.6 is 0 Å². The first kappa shape index (κ1) is 27.7. The molecule has 0 aliphatic heterocycles. The molecule has 0 spiro atoms. The maximum Gasteiger partial charge on any atom is 0.0468 e. The first-order chi connectivity index (χ1) is 24.3. The number of fused-ring (bicyclic) bond motifs is 10. The Morgan fingerprint density at radius 2 is 0.673 bits per heavy atom. The largest absolute Gasteiger partial charge is 0.310 e. The van der Waals surface area contributed by atoms with Gasteiger partial charge >= 0.3 is 0 Å². The quantitative estimate of drug-likeness (QED) is 0.177. The molecule has 49 heavy (non-hydrogen) atoms. The number of benzene rings is 10. The van der Waals surface area contributed by atoms with E-state index in [-0.39, 0.29) is 0 Å². The zero-order chi connectivity index (χ0) is 32.3. The van der Waals surface area contributed by atoms with Gasteiger partial charge in [0.25, 0.3) is 0 Å². The molecule has 10 aromatic carbocycles. The number of hydrogen-bond donors (Lipinski definition) is 0. The minimum absolute atomic E-state index is 1.12. The van der Waals surface area contributed by atoms with Crippen LogP contribution in [0.2, 0.25) is 0 Å². The van der Waals surface area contributed by atoms with Crippen molar-refractivity contribution < 1.29 is 0 Å². The highest BCUT2D eigenvalue weighted by Crippen LogP contribution is 2.42. The van der Waals surface area contributed by atoms with Gasteiger partial charge in [0, 0.05) is 17.1 Å². The van der Waals surface area contributed by atoms with E-state index in [1.165, 1.54) is 75.8 Å². The van der Waals surface area contributed by atoms with Crippen molar-refractivity contribution in [2.24, 2.45) is 0 Å². The van der Waals surface area contributed by atoms with Gasteiger partial charge in [-0.05, 0) is 112 Å². The van der Waals surface area contributed by atoms with Gasteiger partial charge in [-0.2, -0.15) is 0 Å². The summed E-state index contributed by atoms with van der Waals surface area (Å²) in [6.07, 6.45) is 0. The third-order valence-corrected chi connectivity index (χ3v) is 10.2. The summed E-state index contributed by atoms with van der Waals surface area (Å²) in [5.41, 5.74) is 5.84. The Kier molecular flexibility index (Phi) is 6.25. The van der Waals surface area contributed by atoms with Crippen LogP contribution < -0.4 is 4.90 Å². The minimum Gasteiger partial charge on any atom is -0.310 e. The summed E-state index contributed by atoms with van der Waals surface area (Å²) < 4.78 is 0. The molecule has 10 rings (SSSR count). The average Bonchev–Trinajstić information content (AvgIpc) is 3.18. The van der Waals surface area contributed by atoms with E-state index in [9.17, 15) is 0 Å². The predicted molar refractivity (Wildman–Crippen MR) is 212 cm³/mol. The number of rotatable bonds is 4. The molecule has 0 fully saturated rings. The van der Waals surface area contributed by atoms with Crippen molar-refractivity contribution in [3.05, 3.63) is 188 Å². The van der Waals surface area contributed by atoms with E-state index in [2.05, 4.69) is 193 Å². The maximum absolute atomic E-state index is 2.41. The molecule has 0 unspecified atom stereocenters. The molecule has 0 heterocycles. The second-order valence-corrected chi connectivity index (χ2v) is 12.9. The van der Waals surface area contributed by atoms with Crippen LogP contribution in [0.5, 0.6) is 0 Å². The average molecular weight is 622 g/mol. The third-order valence-electron chi connectivity index (χ3n) is 10.2. The summed E-state index contributed by atoms with van der Waals surface area (Å²) in [5.74, 6) is 0. The van der Waals surface area contributed by atoms with Crippen molar-refractivity contribution in [2.45, 2.75) is 0 Å². The molecule has 1 heteroatoms. The van der Waals surface area contributed by atoms with Crippen LogP contribution in [0.25, 0.3) is 75.8 Å². The second kappa shape index (κ2) is 11.1. The van der Waals surface area contributed by atoms with Crippen LogP contribution in [0.1, 0.15) is 0 Å². The van der Waals surface area contributed by atoms with Crippen LogP contribution in [-0.2, 0) is 0 Å². The van der Waals surface area contributed by atoms with Gasteiger partial charge in [0.1, 0.15) is 0 Å². The van der Waals surface area contributed by atoms with Gasteiger partial charge in [-0.1, -0.05) is 152 Å². The first-order valence-corrected chi connectivity index (χ1v) is 16.9.